The number of hydrogen-bond donors (Lipinski definition) is 1. The Bertz CT molecular complexity index is 1330. The van der Waals surface area contributed by atoms with Crippen LogP contribution in [0, 0.1) is 0 Å². The normalized spacial score (nSPS) is 16.0. The number of halogens is 1. The molecule has 174 valence electrons. The van der Waals surface area contributed by atoms with Gasteiger partial charge in [-0.25, -0.2) is 4.68 Å². The van der Waals surface area contributed by atoms with Crippen LogP contribution >= 0.6 is 15.9 Å². The van der Waals surface area contributed by atoms with Gasteiger partial charge in [0.15, 0.2) is 11.9 Å². The number of nitrogens with one attached hydrogen (secondary N) is 1. The Morgan fingerprint density at radius 3 is 2.88 bits per heavy atom. The van der Waals surface area contributed by atoms with Gasteiger partial charge in [0.1, 0.15) is 0 Å². The van der Waals surface area contributed by atoms with E-state index in [0.29, 0.717) is 18.0 Å². The van der Waals surface area contributed by atoms with Gasteiger partial charge in [0.05, 0.1) is 17.4 Å². The molecule has 1 amide bonds. The molecular weight excluding hydrogens is 492 g/mol. The first kappa shape index (κ1) is 22.7. The Morgan fingerprint density at radius 1 is 1.15 bits per heavy atom. The maximum atomic E-state index is 13.4. The third-order valence-corrected chi connectivity index (χ3v) is 6.60. The second-order valence-electron chi connectivity index (χ2n) is 8.64. The maximum absolute atomic E-state index is 13.4. The van der Waals surface area contributed by atoms with Crippen molar-refractivity contribution in [1.82, 2.24) is 14.8 Å². The first-order chi connectivity index (χ1) is 16.6. The van der Waals surface area contributed by atoms with Gasteiger partial charge >= 0.3 is 0 Å². The van der Waals surface area contributed by atoms with Crippen molar-refractivity contribution < 1.29 is 9.53 Å². The number of nitrogens with zero attached hydrogens (tertiary/aromatic N) is 3. The topological polar surface area (TPSA) is 69.0 Å². The van der Waals surface area contributed by atoms with Gasteiger partial charge in [-0.1, -0.05) is 53.5 Å². The molecule has 1 unspecified atom stereocenters. The molecule has 0 spiro atoms. The molecule has 1 atom stereocenters. The van der Waals surface area contributed by atoms with Crippen molar-refractivity contribution in [3.8, 4) is 11.1 Å². The summed E-state index contributed by atoms with van der Waals surface area (Å²) in [6, 6.07) is 16.3. The van der Waals surface area contributed by atoms with E-state index in [4.69, 9.17) is 9.84 Å². The molecule has 34 heavy (non-hydrogen) atoms. The van der Waals surface area contributed by atoms with E-state index in [1.54, 1.807) is 6.20 Å². The zero-order valence-electron chi connectivity index (χ0n) is 19.1. The zero-order chi connectivity index (χ0) is 23.5. The van der Waals surface area contributed by atoms with Crippen LogP contribution < -0.4 is 5.32 Å². The second kappa shape index (κ2) is 10.1. The van der Waals surface area contributed by atoms with Gasteiger partial charge in [0.2, 0.25) is 0 Å². The van der Waals surface area contributed by atoms with Crippen molar-refractivity contribution in [3.63, 3.8) is 0 Å². The minimum atomic E-state index is -0.267. The lowest BCUT2D eigenvalue weighted by Gasteiger charge is -2.23. The standard InChI is InChI=1S/C27H27BrN4O2/c1-2-6-18-7-5-8-19(13-18)20-14-22(17-29-16-20)30-27(33)26-23-15-21(28)10-11-24(23)32(31-26)25-9-3-4-12-34-25/h5,7-8,10-11,13-17,25H,2-4,6,9,12H2,1H3,(H,30,33). The second-order valence-corrected chi connectivity index (χ2v) is 9.56. The first-order valence-electron chi connectivity index (χ1n) is 11.8. The summed E-state index contributed by atoms with van der Waals surface area (Å²) in [4.78, 5) is 17.7. The van der Waals surface area contributed by atoms with E-state index in [-0.39, 0.29) is 12.1 Å². The molecule has 0 aliphatic carbocycles. The van der Waals surface area contributed by atoms with Gasteiger partial charge in [-0.3, -0.25) is 9.78 Å². The van der Waals surface area contributed by atoms with Crippen molar-refractivity contribution in [2.75, 3.05) is 11.9 Å². The monoisotopic (exact) mass is 518 g/mol. The summed E-state index contributed by atoms with van der Waals surface area (Å²) in [6.07, 6.45) is 8.49. The van der Waals surface area contributed by atoms with Gasteiger partial charge in [-0.2, -0.15) is 5.10 Å². The van der Waals surface area contributed by atoms with E-state index in [1.165, 1.54) is 5.56 Å². The molecular formula is C27H27BrN4O2. The van der Waals surface area contributed by atoms with Crippen LogP contribution in [0.5, 0.6) is 0 Å². The number of hydrogen-bond acceptors (Lipinski definition) is 4. The lowest BCUT2D eigenvalue weighted by atomic mass is 10.0. The third kappa shape index (κ3) is 4.76. The van der Waals surface area contributed by atoms with Crippen molar-refractivity contribution in [3.05, 3.63) is 76.7 Å². The Balaban J connectivity index is 1.45. The lowest BCUT2D eigenvalue weighted by molar-refractivity contribution is -0.0367. The van der Waals surface area contributed by atoms with Gasteiger partial charge in [0.25, 0.3) is 5.91 Å². The van der Waals surface area contributed by atoms with E-state index in [9.17, 15) is 4.79 Å². The summed E-state index contributed by atoms with van der Waals surface area (Å²) >= 11 is 3.53. The average molecular weight is 519 g/mol. The van der Waals surface area contributed by atoms with Crippen LogP contribution in [0.3, 0.4) is 0 Å². The van der Waals surface area contributed by atoms with Crippen LogP contribution in [-0.4, -0.2) is 27.3 Å². The first-order valence-corrected chi connectivity index (χ1v) is 12.6. The summed E-state index contributed by atoms with van der Waals surface area (Å²) in [5, 5.41) is 8.49. The molecule has 2 aromatic heterocycles. The van der Waals surface area contributed by atoms with E-state index >= 15 is 0 Å². The minimum absolute atomic E-state index is 0.153. The number of ether oxygens (including phenoxy) is 1. The summed E-state index contributed by atoms with van der Waals surface area (Å²) in [5.41, 5.74) is 5.24. The van der Waals surface area contributed by atoms with Crippen LogP contribution in [-0.2, 0) is 11.2 Å². The summed E-state index contributed by atoms with van der Waals surface area (Å²) in [7, 11) is 0. The van der Waals surface area contributed by atoms with Crippen molar-refractivity contribution in [1.29, 1.82) is 0 Å². The highest BCUT2D eigenvalue weighted by atomic mass is 79.9. The molecule has 6 nitrogen and oxygen atoms in total. The largest absolute Gasteiger partial charge is 0.356 e. The molecule has 1 fully saturated rings. The van der Waals surface area contributed by atoms with Gasteiger partial charge in [-0.05, 0) is 61.1 Å². The number of pyridine rings is 1. The fourth-order valence-corrected chi connectivity index (χ4v) is 4.83. The number of aryl methyl sites for hydroxylation is 1. The Morgan fingerprint density at radius 2 is 2.06 bits per heavy atom. The lowest BCUT2D eigenvalue weighted by Crippen LogP contribution is -2.20. The average Bonchev–Trinajstić information content (AvgIpc) is 3.24. The van der Waals surface area contributed by atoms with Crippen molar-refractivity contribution >= 4 is 38.4 Å². The van der Waals surface area contributed by atoms with E-state index < -0.39 is 0 Å². The van der Waals surface area contributed by atoms with Crippen molar-refractivity contribution in [2.24, 2.45) is 0 Å². The molecule has 1 aliphatic heterocycles. The summed E-state index contributed by atoms with van der Waals surface area (Å²) in [6.45, 7) is 2.89. The quantitative estimate of drug-likeness (QED) is 0.306. The molecule has 1 saturated heterocycles. The molecule has 1 aliphatic rings. The van der Waals surface area contributed by atoms with Crippen LogP contribution in [0.1, 0.15) is 54.9 Å². The smallest absolute Gasteiger partial charge is 0.276 e. The molecule has 5 rings (SSSR count). The summed E-state index contributed by atoms with van der Waals surface area (Å²) in [5.74, 6) is -0.267. The highest BCUT2D eigenvalue weighted by Gasteiger charge is 2.24. The molecule has 3 heterocycles. The number of fused-ring (bicyclic) bond motifs is 1. The van der Waals surface area contributed by atoms with Crippen LogP contribution in [0.15, 0.2) is 65.4 Å². The molecule has 0 bridgehead atoms. The Hall–Kier alpha value is -3.03. The third-order valence-electron chi connectivity index (χ3n) is 6.11. The molecule has 4 aromatic rings. The predicted molar refractivity (Wildman–Crippen MR) is 138 cm³/mol. The van der Waals surface area contributed by atoms with Crippen LogP contribution in [0.4, 0.5) is 5.69 Å². The van der Waals surface area contributed by atoms with Crippen molar-refractivity contribution in [2.45, 2.75) is 45.3 Å². The fraction of sp³-hybridized carbons (Fsp3) is 0.296. The van der Waals surface area contributed by atoms with E-state index in [2.05, 4.69) is 57.4 Å². The highest BCUT2D eigenvalue weighted by molar-refractivity contribution is 9.10. The molecule has 2 aromatic carbocycles. The number of anilines is 1. The summed E-state index contributed by atoms with van der Waals surface area (Å²) < 4.78 is 8.70. The number of carbonyl (C=O) groups excluding carboxylic acids is 1. The van der Waals surface area contributed by atoms with E-state index in [1.807, 2.05) is 35.1 Å². The highest BCUT2D eigenvalue weighted by Crippen LogP contribution is 2.30. The molecule has 0 radical (unpaired) electrons. The molecule has 1 N–H and O–H groups in total. The van der Waals surface area contributed by atoms with Gasteiger partial charge < -0.3 is 10.1 Å². The zero-order valence-corrected chi connectivity index (χ0v) is 20.7. The fourth-order valence-electron chi connectivity index (χ4n) is 4.47. The number of aromatic nitrogens is 3. The molecule has 7 heteroatoms. The van der Waals surface area contributed by atoms with Gasteiger partial charge in [-0.15, -0.1) is 0 Å². The van der Waals surface area contributed by atoms with Gasteiger partial charge in [0, 0.05) is 28.2 Å². The number of carbonyl (C=O) groups is 1. The SMILES string of the molecule is CCCc1cccc(-c2cncc(NC(=O)c3nn(C4CCCCO4)c4ccc(Br)cc34)c2)c1. The van der Waals surface area contributed by atoms with Crippen LogP contribution in [0.25, 0.3) is 22.0 Å². The van der Waals surface area contributed by atoms with Crippen LogP contribution in [0.2, 0.25) is 0 Å². The number of rotatable bonds is 6. The maximum Gasteiger partial charge on any atom is 0.276 e. The number of benzene rings is 2. The molecule has 0 saturated carbocycles. The Labute approximate surface area is 207 Å². The Kier molecular flexibility index (Phi) is 6.74. The predicted octanol–water partition coefficient (Wildman–Crippen LogP) is 6.76. The van der Waals surface area contributed by atoms with E-state index in [0.717, 1.165) is 58.6 Å². The number of amides is 1. The minimum Gasteiger partial charge on any atom is -0.356 e.